The molecule has 116 valence electrons. The third-order valence-corrected chi connectivity index (χ3v) is 3.18. The van der Waals surface area contributed by atoms with Gasteiger partial charge in [0.1, 0.15) is 0 Å². The number of nitrogens with one attached hydrogen (secondary N) is 1. The predicted molar refractivity (Wildman–Crippen MR) is 83.3 cm³/mol. The number of carbonyl (C=O) groups is 1. The normalized spacial score (nSPS) is 10.1. The average molecular weight is 301 g/mol. The van der Waals surface area contributed by atoms with E-state index in [0.717, 1.165) is 11.1 Å². The van der Waals surface area contributed by atoms with Crippen molar-refractivity contribution in [3.05, 3.63) is 60.1 Å². The summed E-state index contributed by atoms with van der Waals surface area (Å²) in [7, 11) is 3.18. The van der Waals surface area contributed by atoms with Crippen molar-refractivity contribution in [1.29, 1.82) is 0 Å². The number of methoxy groups -OCH3 is 2. The standard InChI is InChI=1S/C17H19NO4/c1-4-6-13-9-12(10-15(20-2)16(13)21-3)11-18-17(19)14-7-5-8-22-14/h4-5,7-10H,1,6,11H2,2-3H3,(H,18,19). The topological polar surface area (TPSA) is 60.7 Å². The number of hydrogen-bond acceptors (Lipinski definition) is 4. The molecule has 2 rings (SSSR count). The fourth-order valence-electron chi connectivity index (χ4n) is 2.19. The van der Waals surface area contributed by atoms with Crippen molar-refractivity contribution in [2.45, 2.75) is 13.0 Å². The van der Waals surface area contributed by atoms with Crippen molar-refractivity contribution < 1.29 is 18.7 Å². The smallest absolute Gasteiger partial charge is 0.287 e. The van der Waals surface area contributed by atoms with Gasteiger partial charge in [-0.05, 0) is 36.2 Å². The Morgan fingerprint density at radius 2 is 2.18 bits per heavy atom. The number of allylic oxidation sites excluding steroid dienone is 1. The van der Waals surface area contributed by atoms with Gasteiger partial charge in [0, 0.05) is 12.1 Å². The zero-order chi connectivity index (χ0) is 15.9. The molecule has 0 aliphatic carbocycles. The molecule has 0 saturated carbocycles. The van der Waals surface area contributed by atoms with Crippen LogP contribution in [0.2, 0.25) is 0 Å². The Bertz CT molecular complexity index is 647. The molecule has 0 spiro atoms. The minimum absolute atomic E-state index is 0.259. The SMILES string of the molecule is C=CCc1cc(CNC(=O)c2ccco2)cc(OC)c1OC. The highest BCUT2D eigenvalue weighted by molar-refractivity contribution is 5.91. The lowest BCUT2D eigenvalue weighted by molar-refractivity contribution is 0.0923. The second kappa shape index (κ2) is 7.36. The molecule has 0 radical (unpaired) electrons. The molecule has 0 fully saturated rings. The highest BCUT2D eigenvalue weighted by Crippen LogP contribution is 2.33. The third-order valence-electron chi connectivity index (χ3n) is 3.18. The molecule has 5 nitrogen and oxygen atoms in total. The highest BCUT2D eigenvalue weighted by Gasteiger charge is 2.13. The van der Waals surface area contributed by atoms with Crippen molar-refractivity contribution >= 4 is 5.91 Å². The van der Waals surface area contributed by atoms with E-state index in [2.05, 4.69) is 11.9 Å². The van der Waals surface area contributed by atoms with Crippen LogP contribution in [0.4, 0.5) is 0 Å². The quantitative estimate of drug-likeness (QED) is 0.799. The Labute approximate surface area is 129 Å². The van der Waals surface area contributed by atoms with E-state index in [1.807, 2.05) is 12.1 Å². The van der Waals surface area contributed by atoms with Gasteiger partial charge in [0.05, 0.1) is 20.5 Å². The zero-order valence-electron chi connectivity index (χ0n) is 12.7. The summed E-state index contributed by atoms with van der Waals surface area (Å²) < 4.78 is 15.8. The first-order chi connectivity index (χ1) is 10.7. The molecule has 0 bridgehead atoms. The summed E-state index contributed by atoms with van der Waals surface area (Å²) in [6, 6.07) is 7.10. The van der Waals surface area contributed by atoms with Crippen LogP contribution >= 0.6 is 0 Å². The molecular formula is C17H19NO4. The van der Waals surface area contributed by atoms with Gasteiger partial charge in [-0.15, -0.1) is 6.58 Å². The van der Waals surface area contributed by atoms with Crippen LogP contribution in [0.25, 0.3) is 0 Å². The molecule has 0 aliphatic rings. The van der Waals surface area contributed by atoms with Crippen LogP contribution in [0.5, 0.6) is 11.5 Å². The van der Waals surface area contributed by atoms with Crippen molar-refractivity contribution in [2.24, 2.45) is 0 Å². The summed E-state index contributed by atoms with van der Waals surface area (Å²) in [6.45, 7) is 4.11. The first kappa shape index (κ1) is 15.7. The second-order valence-corrected chi connectivity index (χ2v) is 4.64. The van der Waals surface area contributed by atoms with E-state index in [0.29, 0.717) is 24.5 Å². The molecule has 1 N–H and O–H groups in total. The summed E-state index contributed by atoms with van der Waals surface area (Å²) >= 11 is 0. The van der Waals surface area contributed by atoms with Gasteiger partial charge < -0.3 is 19.2 Å². The van der Waals surface area contributed by atoms with Gasteiger partial charge in [-0.2, -0.15) is 0 Å². The van der Waals surface area contributed by atoms with E-state index in [1.165, 1.54) is 6.26 Å². The Hall–Kier alpha value is -2.69. The van der Waals surface area contributed by atoms with Crippen LogP contribution in [0.1, 0.15) is 21.7 Å². The molecule has 0 unspecified atom stereocenters. The average Bonchev–Trinajstić information content (AvgIpc) is 3.06. The van der Waals surface area contributed by atoms with Gasteiger partial charge >= 0.3 is 0 Å². The van der Waals surface area contributed by atoms with E-state index < -0.39 is 0 Å². The molecule has 0 saturated heterocycles. The van der Waals surface area contributed by atoms with E-state index in [9.17, 15) is 4.79 Å². The maximum Gasteiger partial charge on any atom is 0.287 e. The summed E-state index contributed by atoms with van der Waals surface area (Å²) in [4.78, 5) is 11.9. The fraction of sp³-hybridized carbons (Fsp3) is 0.235. The fourth-order valence-corrected chi connectivity index (χ4v) is 2.19. The zero-order valence-corrected chi connectivity index (χ0v) is 12.7. The molecule has 1 aromatic heterocycles. The summed E-state index contributed by atoms with van der Waals surface area (Å²) in [5, 5.41) is 2.80. The van der Waals surface area contributed by atoms with Gasteiger partial charge in [0.2, 0.25) is 0 Å². The van der Waals surface area contributed by atoms with Gasteiger partial charge in [-0.25, -0.2) is 0 Å². The lowest BCUT2D eigenvalue weighted by atomic mass is 10.1. The van der Waals surface area contributed by atoms with Crippen molar-refractivity contribution in [3.8, 4) is 11.5 Å². The van der Waals surface area contributed by atoms with Crippen LogP contribution in [-0.4, -0.2) is 20.1 Å². The van der Waals surface area contributed by atoms with Crippen molar-refractivity contribution in [1.82, 2.24) is 5.32 Å². The number of amides is 1. The van der Waals surface area contributed by atoms with Crippen LogP contribution in [0.15, 0.2) is 47.6 Å². The van der Waals surface area contributed by atoms with E-state index >= 15 is 0 Å². The van der Waals surface area contributed by atoms with E-state index in [4.69, 9.17) is 13.9 Å². The summed E-state index contributed by atoms with van der Waals surface area (Å²) in [5.41, 5.74) is 1.87. The molecule has 2 aromatic rings. The van der Waals surface area contributed by atoms with Crippen LogP contribution < -0.4 is 14.8 Å². The highest BCUT2D eigenvalue weighted by atomic mass is 16.5. The molecule has 22 heavy (non-hydrogen) atoms. The molecule has 1 amide bonds. The molecule has 1 heterocycles. The predicted octanol–water partition coefficient (Wildman–Crippen LogP) is 2.96. The molecule has 0 aliphatic heterocycles. The third kappa shape index (κ3) is 3.49. The van der Waals surface area contributed by atoms with Crippen LogP contribution in [0, 0.1) is 0 Å². The number of hydrogen-bond donors (Lipinski definition) is 1. The number of benzene rings is 1. The van der Waals surface area contributed by atoms with Crippen molar-refractivity contribution in [3.63, 3.8) is 0 Å². The molecule has 1 aromatic carbocycles. The van der Waals surface area contributed by atoms with Gasteiger partial charge in [-0.1, -0.05) is 6.08 Å². The number of furan rings is 1. The first-order valence-electron chi connectivity index (χ1n) is 6.86. The minimum Gasteiger partial charge on any atom is -0.493 e. The number of carbonyl (C=O) groups excluding carboxylic acids is 1. The van der Waals surface area contributed by atoms with Gasteiger partial charge in [-0.3, -0.25) is 4.79 Å². The Kier molecular flexibility index (Phi) is 5.25. The van der Waals surface area contributed by atoms with Gasteiger partial charge in [0.15, 0.2) is 17.3 Å². The summed E-state index contributed by atoms with van der Waals surface area (Å²) in [5.74, 6) is 1.34. The van der Waals surface area contributed by atoms with Gasteiger partial charge in [0.25, 0.3) is 5.91 Å². The van der Waals surface area contributed by atoms with Crippen LogP contribution in [-0.2, 0) is 13.0 Å². The lowest BCUT2D eigenvalue weighted by Gasteiger charge is -2.14. The van der Waals surface area contributed by atoms with E-state index in [1.54, 1.807) is 32.4 Å². The largest absolute Gasteiger partial charge is 0.493 e. The molecule has 5 heteroatoms. The van der Waals surface area contributed by atoms with Crippen molar-refractivity contribution in [2.75, 3.05) is 14.2 Å². The van der Waals surface area contributed by atoms with Crippen LogP contribution in [0.3, 0.4) is 0 Å². The first-order valence-corrected chi connectivity index (χ1v) is 6.86. The molecule has 0 atom stereocenters. The Morgan fingerprint density at radius 3 is 2.77 bits per heavy atom. The molecular weight excluding hydrogens is 282 g/mol. The Morgan fingerprint density at radius 1 is 1.36 bits per heavy atom. The summed E-state index contributed by atoms with van der Waals surface area (Å²) in [6.07, 6.45) is 3.91. The Balaban J connectivity index is 2.18. The van der Waals surface area contributed by atoms with E-state index in [-0.39, 0.29) is 11.7 Å². The minimum atomic E-state index is -0.259. The number of rotatable bonds is 7. The maximum atomic E-state index is 11.9. The monoisotopic (exact) mass is 301 g/mol. The second-order valence-electron chi connectivity index (χ2n) is 4.64. The number of ether oxygens (including phenoxy) is 2. The maximum absolute atomic E-state index is 11.9. The lowest BCUT2D eigenvalue weighted by Crippen LogP contribution is -2.22.